The van der Waals surface area contributed by atoms with Gasteiger partial charge in [0.15, 0.2) is 10.0 Å². The zero-order valence-electron chi connectivity index (χ0n) is 12.0. The van der Waals surface area contributed by atoms with Gasteiger partial charge in [-0.2, -0.15) is 0 Å². The molecule has 3 aromatic rings. The molecule has 0 aliphatic rings. The third-order valence-electron chi connectivity index (χ3n) is 2.94. The number of esters is 1. The monoisotopic (exact) mass is 332 g/mol. The number of rotatable bonds is 4. The van der Waals surface area contributed by atoms with Crippen LogP contribution >= 0.6 is 22.7 Å². The molecule has 2 aromatic heterocycles. The van der Waals surface area contributed by atoms with Crippen LogP contribution in [0.5, 0.6) is 0 Å². The number of para-hydroxylation sites is 1. The fourth-order valence-corrected chi connectivity index (χ4v) is 3.81. The van der Waals surface area contributed by atoms with E-state index in [2.05, 4.69) is 9.97 Å². The van der Waals surface area contributed by atoms with E-state index in [1.807, 2.05) is 24.3 Å². The molecule has 1 aromatic carbocycles. The fraction of sp³-hybridized carbons (Fsp3) is 0.200. The molecule has 0 fully saturated rings. The van der Waals surface area contributed by atoms with Gasteiger partial charge in [0, 0.05) is 0 Å². The van der Waals surface area contributed by atoms with E-state index in [9.17, 15) is 9.59 Å². The molecule has 0 atom stereocenters. The molecule has 0 saturated carbocycles. The Morgan fingerprint density at radius 1 is 1.14 bits per heavy atom. The smallest absolute Gasteiger partial charge is 0.350 e. The van der Waals surface area contributed by atoms with Crippen LogP contribution in [0.25, 0.3) is 10.2 Å². The van der Waals surface area contributed by atoms with E-state index in [4.69, 9.17) is 4.74 Å². The van der Waals surface area contributed by atoms with Gasteiger partial charge < -0.3 is 4.74 Å². The topological polar surface area (TPSA) is 69.2 Å². The summed E-state index contributed by atoms with van der Waals surface area (Å²) in [5, 5.41) is 0.643. The largest absolute Gasteiger partial charge is 0.462 e. The van der Waals surface area contributed by atoms with Gasteiger partial charge in [0.25, 0.3) is 0 Å². The molecule has 2 heterocycles. The highest BCUT2D eigenvalue weighted by atomic mass is 32.1. The first-order valence-corrected chi connectivity index (χ1v) is 8.28. The minimum atomic E-state index is -0.444. The van der Waals surface area contributed by atoms with Crippen molar-refractivity contribution in [2.75, 3.05) is 6.61 Å². The molecule has 0 bridgehead atoms. The Bertz CT molecular complexity index is 834. The molecule has 22 heavy (non-hydrogen) atoms. The predicted octanol–water partition coefficient (Wildman–Crippen LogP) is 3.47. The van der Waals surface area contributed by atoms with E-state index in [0.717, 1.165) is 21.6 Å². The van der Waals surface area contributed by atoms with Crippen molar-refractivity contribution < 1.29 is 14.3 Å². The number of ketones is 1. The number of aromatic nitrogens is 2. The number of fused-ring (bicyclic) bond motifs is 1. The molecule has 0 unspecified atom stereocenters. The van der Waals surface area contributed by atoms with Crippen molar-refractivity contribution in [3.8, 4) is 0 Å². The lowest BCUT2D eigenvalue weighted by Crippen LogP contribution is -2.03. The normalized spacial score (nSPS) is 10.8. The Balaban J connectivity index is 1.95. The summed E-state index contributed by atoms with van der Waals surface area (Å²) in [5.41, 5.74) is 1.29. The molecule has 0 N–H and O–H groups in total. The third kappa shape index (κ3) is 2.65. The van der Waals surface area contributed by atoms with Crippen LogP contribution in [0.1, 0.15) is 37.1 Å². The SMILES string of the molecule is CCOC(=O)c1sc(C(=O)c2nc3ccccc3s2)nc1C. The standard InChI is InChI=1S/C15H12N2O3S2/c1-3-20-15(19)12-8(2)16-13(22-12)11(18)14-17-9-6-4-5-7-10(9)21-14/h4-7H,3H2,1-2H3. The summed E-state index contributed by atoms with van der Waals surface area (Å²) < 4.78 is 5.91. The first kappa shape index (κ1) is 14.8. The van der Waals surface area contributed by atoms with Crippen molar-refractivity contribution in [3.63, 3.8) is 0 Å². The average Bonchev–Trinajstić information content (AvgIpc) is 3.10. The number of carbonyl (C=O) groups excluding carboxylic acids is 2. The van der Waals surface area contributed by atoms with Crippen molar-refractivity contribution in [1.82, 2.24) is 9.97 Å². The molecule has 3 rings (SSSR count). The molecule has 7 heteroatoms. The maximum Gasteiger partial charge on any atom is 0.350 e. The molecule has 0 amide bonds. The summed E-state index contributed by atoms with van der Waals surface area (Å²) >= 11 is 2.38. The molecule has 0 aliphatic heterocycles. The second-order valence-corrected chi connectivity index (χ2v) is 6.50. The van der Waals surface area contributed by atoms with E-state index in [0.29, 0.717) is 15.6 Å². The maximum atomic E-state index is 12.5. The molecular weight excluding hydrogens is 320 g/mol. The highest BCUT2D eigenvalue weighted by Gasteiger charge is 2.23. The fourth-order valence-electron chi connectivity index (χ4n) is 1.94. The average molecular weight is 332 g/mol. The van der Waals surface area contributed by atoms with E-state index >= 15 is 0 Å². The number of nitrogens with zero attached hydrogens (tertiary/aromatic N) is 2. The molecular formula is C15H12N2O3S2. The van der Waals surface area contributed by atoms with Gasteiger partial charge in [-0.25, -0.2) is 14.8 Å². The molecule has 5 nitrogen and oxygen atoms in total. The van der Waals surface area contributed by atoms with Gasteiger partial charge in [0.05, 0.1) is 22.5 Å². The van der Waals surface area contributed by atoms with Gasteiger partial charge >= 0.3 is 5.97 Å². The van der Waals surface area contributed by atoms with Gasteiger partial charge in [-0.05, 0) is 26.0 Å². The quantitative estimate of drug-likeness (QED) is 0.540. The Morgan fingerprint density at radius 2 is 1.86 bits per heavy atom. The summed E-state index contributed by atoms with van der Waals surface area (Å²) in [6.07, 6.45) is 0. The van der Waals surface area contributed by atoms with Gasteiger partial charge in [0.1, 0.15) is 4.88 Å². The van der Waals surface area contributed by atoms with Crippen molar-refractivity contribution in [3.05, 3.63) is 44.9 Å². The minimum Gasteiger partial charge on any atom is -0.462 e. The Kier molecular flexibility index (Phi) is 4.00. The zero-order valence-corrected chi connectivity index (χ0v) is 13.6. The van der Waals surface area contributed by atoms with Crippen molar-refractivity contribution >= 4 is 44.6 Å². The van der Waals surface area contributed by atoms with E-state index in [1.165, 1.54) is 11.3 Å². The Labute approximate surface area is 134 Å². The first-order chi connectivity index (χ1) is 10.6. The Hall–Kier alpha value is -2.12. The number of hydrogen-bond acceptors (Lipinski definition) is 7. The van der Waals surface area contributed by atoms with Crippen LogP contribution in [0.3, 0.4) is 0 Å². The van der Waals surface area contributed by atoms with Gasteiger partial charge in [-0.3, -0.25) is 4.79 Å². The van der Waals surface area contributed by atoms with Crippen LogP contribution in [-0.2, 0) is 4.74 Å². The summed E-state index contributed by atoms with van der Waals surface area (Å²) in [5.74, 6) is -0.703. The minimum absolute atomic E-state index is 0.259. The lowest BCUT2D eigenvalue weighted by Gasteiger charge is -1.97. The van der Waals surface area contributed by atoms with Crippen LogP contribution in [0, 0.1) is 6.92 Å². The van der Waals surface area contributed by atoms with Crippen molar-refractivity contribution in [2.24, 2.45) is 0 Å². The maximum absolute atomic E-state index is 12.5. The summed E-state index contributed by atoms with van der Waals surface area (Å²) in [7, 11) is 0. The predicted molar refractivity (Wildman–Crippen MR) is 85.9 cm³/mol. The second-order valence-electron chi connectivity index (χ2n) is 4.47. The molecule has 0 spiro atoms. The highest BCUT2D eigenvalue weighted by molar-refractivity contribution is 7.22. The number of aryl methyl sites for hydroxylation is 1. The van der Waals surface area contributed by atoms with Crippen molar-refractivity contribution in [1.29, 1.82) is 0 Å². The van der Waals surface area contributed by atoms with Crippen LogP contribution in [0.4, 0.5) is 0 Å². The van der Waals surface area contributed by atoms with E-state index in [-0.39, 0.29) is 17.4 Å². The Morgan fingerprint density at radius 3 is 2.59 bits per heavy atom. The molecule has 0 aliphatic carbocycles. The number of benzene rings is 1. The van der Waals surface area contributed by atoms with Crippen molar-refractivity contribution in [2.45, 2.75) is 13.8 Å². The van der Waals surface area contributed by atoms with Crippen LogP contribution < -0.4 is 0 Å². The number of carbonyl (C=O) groups is 2. The van der Waals surface area contributed by atoms with E-state index < -0.39 is 5.97 Å². The van der Waals surface area contributed by atoms with Crippen LogP contribution in [-0.4, -0.2) is 28.3 Å². The zero-order chi connectivity index (χ0) is 15.7. The third-order valence-corrected chi connectivity index (χ3v) is 5.11. The van der Waals surface area contributed by atoms with Gasteiger partial charge in [0.2, 0.25) is 5.78 Å². The summed E-state index contributed by atoms with van der Waals surface area (Å²) in [4.78, 5) is 33.2. The second kappa shape index (κ2) is 5.94. The molecule has 0 radical (unpaired) electrons. The number of ether oxygens (including phenoxy) is 1. The van der Waals surface area contributed by atoms with Crippen LogP contribution in [0.15, 0.2) is 24.3 Å². The van der Waals surface area contributed by atoms with Gasteiger partial charge in [-0.15, -0.1) is 22.7 Å². The van der Waals surface area contributed by atoms with Crippen LogP contribution in [0.2, 0.25) is 0 Å². The lowest BCUT2D eigenvalue weighted by atomic mass is 10.3. The van der Waals surface area contributed by atoms with E-state index in [1.54, 1.807) is 13.8 Å². The highest BCUT2D eigenvalue weighted by Crippen LogP contribution is 2.26. The number of thiazole rings is 2. The number of hydrogen-bond donors (Lipinski definition) is 0. The summed E-state index contributed by atoms with van der Waals surface area (Å²) in [6.45, 7) is 3.72. The van der Waals surface area contributed by atoms with Gasteiger partial charge in [-0.1, -0.05) is 12.1 Å². The first-order valence-electron chi connectivity index (χ1n) is 6.65. The molecule has 0 saturated heterocycles. The lowest BCUT2D eigenvalue weighted by molar-refractivity contribution is 0.0531. The summed E-state index contributed by atoms with van der Waals surface area (Å²) in [6, 6.07) is 7.56. The molecule has 112 valence electrons.